The predicted octanol–water partition coefficient (Wildman–Crippen LogP) is 4.10. The fourth-order valence-electron chi connectivity index (χ4n) is 3.60. The number of methoxy groups -OCH3 is 3. The van der Waals surface area contributed by atoms with Crippen molar-refractivity contribution < 1.29 is 14.2 Å². The molecule has 0 aliphatic carbocycles. The van der Waals surface area contributed by atoms with Gasteiger partial charge in [0.25, 0.3) is 0 Å². The van der Waals surface area contributed by atoms with Crippen molar-refractivity contribution >= 4 is 17.5 Å². The summed E-state index contributed by atoms with van der Waals surface area (Å²) in [7, 11) is 4.82. The maximum Gasteiger partial charge on any atom is 0.222 e. The smallest absolute Gasteiger partial charge is 0.222 e. The molecule has 2 aromatic carbocycles. The van der Waals surface area contributed by atoms with Gasteiger partial charge in [0.15, 0.2) is 11.5 Å². The molecule has 7 nitrogen and oxygen atoms in total. The third kappa shape index (κ3) is 3.22. The predicted molar refractivity (Wildman–Crippen MR) is 107 cm³/mol. The van der Waals surface area contributed by atoms with Gasteiger partial charge in [-0.1, -0.05) is 23.7 Å². The van der Waals surface area contributed by atoms with Gasteiger partial charge in [-0.3, -0.25) is 0 Å². The maximum atomic E-state index is 6.05. The van der Waals surface area contributed by atoms with Crippen LogP contribution in [0.15, 0.2) is 42.7 Å². The van der Waals surface area contributed by atoms with E-state index < -0.39 is 0 Å². The van der Waals surface area contributed by atoms with Crippen molar-refractivity contribution in [3.8, 4) is 17.2 Å². The van der Waals surface area contributed by atoms with Crippen LogP contribution < -0.4 is 19.5 Å². The zero-order chi connectivity index (χ0) is 19.7. The summed E-state index contributed by atoms with van der Waals surface area (Å²) in [6.07, 6.45) is 2.33. The Morgan fingerprint density at radius 2 is 1.68 bits per heavy atom. The fourth-order valence-corrected chi connectivity index (χ4v) is 3.73. The van der Waals surface area contributed by atoms with E-state index in [0.29, 0.717) is 28.2 Å². The molecule has 2 heterocycles. The Kier molecular flexibility index (Phi) is 5.00. The van der Waals surface area contributed by atoms with Crippen LogP contribution in [0, 0.1) is 0 Å². The Labute approximate surface area is 168 Å². The lowest BCUT2D eigenvalue weighted by Crippen LogP contribution is -2.28. The summed E-state index contributed by atoms with van der Waals surface area (Å²) >= 11 is 6.05. The monoisotopic (exact) mass is 400 g/mol. The average Bonchev–Trinajstić information content (AvgIpc) is 3.21. The Bertz CT molecular complexity index is 949. The molecule has 3 aromatic rings. The first-order valence-electron chi connectivity index (χ1n) is 8.86. The molecule has 0 saturated carbocycles. The summed E-state index contributed by atoms with van der Waals surface area (Å²) in [5.74, 6) is 2.50. The number of nitrogens with zero attached hydrogens (tertiary/aromatic N) is 3. The van der Waals surface area contributed by atoms with Gasteiger partial charge in [-0.25, -0.2) is 4.68 Å². The van der Waals surface area contributed by atoms with Gasteiger partial charge >= 0.3 is 0 Å². The summed E-state index contributed by atoms with van der Waals surface area (Å²) in [5.41, 5.74) is 2.14. The number of hydrogen-bond acceptors (Lipinski definition) is 6. The lowest BCUT2D eigenvalue weighted by atomic mass is 9.93. The van der Waals surface area contributed by atoms with E-state index in [1.54, 1.807) is 27.7 Å². The first kappa shape index (κ1) is 18.4. The minimum atomic E-state index is -0.0480. The molecule has 1 N–H and O–H groups in total. The highest BCUT2D eigenvalue weighted by Gasteiger charge is 2.31. The van der Waals surface area contributed by atoms with Crippen LogP contribution in [0.2, 0.25) is 5.02 Å². The second-order valence-corrected chi connectivity index (χ2v) is 6.92. The molecule has 0 saturated heterocycles. The van der Waals surface area contributed by atoms with Crippen LogP contribution in [-0.2, 0) is 0 Å². The minimum absolute atomic E-state index is 0.0480. The Morgan fingerprint density at radius 3 is 2.29 bits per heavy atom. The summed E-state index contributed by atoms with van der Waals surface area (Å²) in [6.45, 7) is 0. The first-order chi connectivity index (χ1) is 13.6. The number of nitrogens with one attached hydrogen (secondary N) is 1. The van der Waals surface area contributed by atoms with E-state index in [-0.39, 0.29) is 12.1 Å². The van der Waals surface area contributed by atoms with Crippen LogP contribution >= 0.6 is 11.6 Å². The number of benzene rings is 2. The molecule has 1 aliphatic rings. The molecule has 8 heteroatoms. The Morgan fingerprint density at radius 1 is 1.00 bits per heavy atom. The number of rotatable bonds is 5. The number of halogens is 1. The van der Waals surface area contributed by atoms with E-state index in [1.807, 2.05) is 41.1 Å². The van der Waals surface area contributed by atoms with Crippen molar-refractivity contribution in [3.05, 3.63) is 58.9 Å². The Balaban J connectivity index is 1.77. The number of fused-ring (bicyclic) bond motifs is 1. The van der Waals surface area contributed by atoms with Crippen LogP contribution in [-0.4, -0.2) is 36.1 Å². The highest BCUT2D eigenvalue weighted by molar-refractivity contribution is 6.30. The fraction of sp³-hybridized carbons (Fsp3) is 0.300. The molecular formula is C20H21ClN4O3. The highest BCUT2D eigenvalue weighted by atomic mass is 35.5. The van der Waals surface area contributed by atoms with E-state index >= 15 is 0 Å². The molecule has 2 atom stereocenters. The zero-order valence-electron chi connectivity index (χ0n) is 15.8. The molecule has 0 amide bonds. The quantitative estimate of drug-likeness (QED) is 0.695. The zero-order valence-corrected chi connectivity index (χ0v) is 16.6. The lowest BCUT2D eigenvalue weighted by molar-refractivity contribution is 0.322. The van der Waals surface area contributed by atoms with Gasteiger partial charge in [0.2, 0.25) is 11.7 Å². The second-order valence-electron chi connectivity index (χ2n) is 6.49. The molecule has 0 spiro atoms. The number of aromatic nitrogens is 3. The molecule has 0 fully saturated rings. The van der Waals surface area contributed by atoms with Gasteiger partial charge in [0.1, 0.15) is 6.33 Å². The number of ether oxygens (including phenoxy) is 3. The summed E-state index contributed by atoms with van der Waals surface area (Å²) in [5, 5.41) is 8.58. The van der Waals surface area contributed by atoms with Crippen LogP contribution in [0.25, 0.3) is 0 Å². The molecule has 1 aliphatic heterocycles. The van der Waals surface area contributed by atoms with Gasteiger partial charge in [-0.05, 0) is 41.8 Å². The molecule has 28 heavy (non-hydrogen) atoms. The van der Waals surface area contributed by atoms with Crippen LogP contribution in [0.3, 0.4) is 0 Å². The molecule has 0 unspecified atom stereocenters. The topological polar surface area (TPSA) is 70.4 Å². The highest BCUT2D eigenvalue weighted by Crippen LogP contribution is 2.44. The molecule has 1 aromatic heterocycles. The molecule has 0 bridgehead atoms. The molecule has 0 radical (unpaired) electrons. The third-order valence-electron chi connectivity index (χ3n) is 4.97. The standard InChI is InChI=1S/C20H21ClN4O3/c1-26-17-8-13(9-18(27-2)19(17)28-3)16-10-15(12-4-6-14(21)7-5-12)24-20-22-11-23-25(16)20/h4-9,11,15-16H,10H2,1-3H3,(H,22,23,24)/t15-,16-/m0/s1. The van der Waals surface area contributed by atoms with Gasteiger partial charge in [0, 0.05) is 5.02 Å². The van der Waals surface area contributed by atoms with Crippen molar-refractivity contribution in [2.75, 3.05) is 26.6 Å². The molecular weight excluding hydrogens is 380 g/mol. The number of anilines is 1. The minimum Gasteiger partial charge on any atom is -0.493 e. The summed E-state index contributed by atoms with van der Waals surface area (Å²) < 4.78 is 18.4. The SMILES string of the molecule is COc1cc([C@@H]2C[C@@H](c3ccc(Cl)cc3)Nc3ncnn32)cc(OC)c1OC. The average molecular weight is 401 g/mol. The summed E-state index contributed by atoms with van der Waals surface area (Å²) in [4.78, 5) is 4.37. The largest absolute Gasteiger partial charge is 0.493 e. The summed E-state index contributed by atoms with van der Waals surface area (Å²) in [6, 6.07) is 11.8. The van der Waals surface area contributed by atoms with Crippen LogP contribution in [0.4, 0.5) is 5.95 Å². The lowest BCUT2D eigenvalue weighted by Gasteiger charge is -2.32. The van der Waals surface area contributed by atoms with E-state index in [0.717, 1.165) is 17.5 Å². The van der Waals surface area contributed by atoms with Crippen LogP contribution in [0.1, 0.15) is 29.6 Å². The van der Waals surface area contributed by atoms with Crippen LogP contribution in [0.5, 0.6) is 17.2 Å². The molecule has 4 rings (SSSR count). The second kappa shape index (κ2) is 7.59. The van der Waals surface area contributed by atoms with Crippen molar-refractivity contribution in [1.82, 2.24) is 14.8 Å². The maximum absolute atomic E-state index is 6.05. The first-order valence-corrected chi connectivity index (χ1v) is 9.23. The van der Waals surface area contributed by atoms with Gasteiger partial charge in [-0.2, -0.15) is 10.1 Å². The Hall–Kier alpha value is -2.93. The van der Waals surface area contributed by atoms with Gasteiger partial charge in [-0.15, -0.1) is 0 Å². The van der Waals surface area contributed by atoms with Crippen molar-refractivity contribution in [2.45, 2.75) is 18.5 Å². The van der Waals surface area contributed by atoms with E-state index in [4.69, 9.17) is 25.8 Å². The molecule has 146 valence electrons. The van der Waals surface area contributed by atoms with E-state index in [2.05, 4.69) is 15.4 Å². The van der Waals surface area contributed by atoms with Crippen molar-refractivity contribution in [1.29, 1.82) is 0 Å². The van der Waals surface area contributed by atoms with Crippen molar-refractivity contribution in [3.63, 3.8) is 0 Å². The number of hydrogen-bond donors (Lipinski definition) is 1. The third-order valence-corrected chi connectivity index (χ3v) is 5.23. The van der Waals surface area contributed by atoms with E-state index in [1.165, 1.54) is 0 Å². The van der Waals surface area contributed by atoms with E-state index in [9.17, 15) is 0 Å². The van der Waals surface area contributed by atoms with Gasteiger partial charge in [0.05, 0.1) is 33.4 Å². The normalized spacial score (nSPS) is 18.1. The van der Waals surface area contributed by atoms with Crippen molar-refractivity contribution in [2.24, 2.45) is 0 Å². The van der Waals surface area contributed by atoms with Gasteiger partial charge < -0.3 is 19.5 Å².